The van der Waals surface area contributed by atoms with Crippen LogP contribution < -0.4 is 10.1 Å². The monoisotopic (exact) mass is 396 g/mol. The second-order valence-electron chi connectivity index (χ2n) is 6.70. The molecular formula is C21H21FN4O3. The molecule has 2 aromatic carbocycles. The van der Waals surface area contributed by atoms with Crippen LogP contribution in [0.5, 0.6) is 5.75 Å². The van der Waals surface area contributed by atoms with Crippen molar-refractivity contribution >= 4 is 11.7 Å². The zero-order chi connectivity index (χ0) is 20.2. The average Bonchev–Trinajstić information content (AvgIpc) is 3.40. The Labute approximate surface area is 167 Å². The number of amides is 2. The van der Waals surface area contributed by atoms with Gasteiger partial charge in [0.15, 0.2) is 0 Å². The quantitative estimate of drug-likeness (QED) is 0.679. The van der Waals surface area contributed by atoms with Crippen molar-refractivity contribution in [3.05, 3.63) is 60.2 Å². The van der Waals surface area contributed by atoms with E-state index in [-0.39, 0.29) is 17.9 Å². The Balaban J connectivity index is 1.46. The standard InChI is InChI=1S/C21H21FN4O3/c1-2-28-17-11-9-16(10-12-17)23-21(27)26-13-3-4-18(26)20-24-19(25-29-20)14-5-7-15(22)8-6-14/h5-12,18H,2-4,13H2,1H3,(H,23,27). The molecule has 8 heteroatoms. The highest BCUT2D eigenvalue weighted by atomic mass is 19.1. The highest BCUT2D eigenvalue weighted by molar-refractivity contribution is 5.89. The summed E-state index contributed by atoms with van der Waals surface area (Å²) in [5, 5.41) is 6.88. The average molecular weight is 396 g/mol. The van der Waals surface area contributed by atoms with E-state index in [4.69, 9.17) is 9.26 Å². The van der Waals surface area contributed by atoms with E-state index in [2.05, 4.69) is 15.5 Å². The van der Waals surface area contributed by atoms with Gasteiger partial charge in [-0.05, 0) is 68.3 Å². The van der Waals surface area contributed by atoms with Crippen LogP contribution in [-0.4, -0.2) is 34.2 Å². The van der Waals surface area contributed by atoms with Crippen molar-refractivity contribution in [2.24, 2.45) is 0 Å². The van der Waals surface area contributed by atoms with Crippen LogP contribution in [0.25, 0.3) is 11.4 Å². The molecule has 2 amide bonds. The molecule has 3 aromatic rings. The van der Waals surface area contributed by atoms with E-state index in [0.717, 1.165) is 18.6 Å². The van der Waals surface area contributed by atoms with E-state index in [1.807, 2.05) is 19.1 Å². The van der Waals surface area contributed by atoms with Crippen molar-refractivity contribution in [3.63, 3.8) is 0 Å². The minimum absolute atomic E-state index is 0.224. The number of ether oxygens (including phenoxy) is 1. The number of anilines is 1. The van der Waals surface area contributed by atoms with Gasteiger partial charge in [-0.25, -0.2) is 9.18 Å². The zero-order valence-corrected chi connectivity index (χ0v) is 16.0. The lowest BCUT2D eigenvalue weighted by atomic mass is 10.2. The minimum Gasteiger partial charge on any atom is -0.494 e. The lowest BCUT2D eigenvalue weighted by Gasteiger charge is -2.22. The number of urea groups is 1. The third-order valence-electron chi connectivity index (χ3n) is 4.76. The van der Waals surface area contributed by atoms with Gasteiger partial charge in [0.25, 0.3) is 0 Å². The van der Waals surface area contributed by atoms with Gasteiger partial charge in [-0.2, -0.15) is 4.98 Å². The van der Waals surface area contributed by atoms with Crippen molar-refractivity contribution in [1.82, 2.24) is 15.0 Å². The molecule has 4 rings (SSSR count). The van der Waals surface area contributed by atoms with Crippen LogP contribution in [0.3, 0.4) is 0 Å². The second kappa shape index (κ2) is 8.30. The van der Waals surface area contributed by atoms with Crippen LogP contribution in [-0.2, 0) is 0 Å². The van der Waals surface area contributed by atoms with Crippen molar-refractivity contribution < 1.29 is 18.4 Å². The molecule has 7 nitrogen and oxygen atoms in total. The minimum atomic E-state index is -0.328. The molecule has 0 saturated carbocycles. The number of carbonyl (C=O) groups excluding carboxylic acids is 1. The Morgan fingerprint density at radius 3 is 2.72 bits per heavy atom. The number of benzene rings is 2. The Bertz CT molecular complexity index is 972. The number of hydrogen-bond acceptors (Lipinski definition) is 5. The van der Waals surface area contributed by atoms with Gasteiger partial charge in [0.1, 0.15) is 17.6 Å². The molecule has 0 radical (unpaired) electrons. The summed E-state index contributed by atoms with van der Waals surface area (Å²) in [5.74, 6) is 1.18. The van der Waals surface area contributed by atoms with Crippen LogP contribution in [0.4, 0.5) is 14.9 Å². The molecular weight excluding hydrogens is 375 g/mol. The maximum Gasteiger partial charge on any atom is 0.322 e. The fourth-order valence-electron chi connectivity index (χ4n) is 3.35. The normalized spacial score (nSPS) is 16.1. The van der Waals surface area contributed by atoms with E-state index in [1.54, 1.807) is 29.2 Å². The fourth-order valence-corrected chi connectivity index (χ4v) is 3.35. The molecule has 1 N–H and O–H groups in total. The first-order valence-corrected chi connectivity index (χ1v) is 9.54. The smallest absolute Gasteiger partial charge is 0.322 e. The first-order chi connectivity index (χ1) is 14.1. The Morgan fingerprint density at radius 1 is 1.24 bits per heavy atom. The summed E-state index contributed by atoms with van der Waals surface area (Å²) in [6, 6.07) is 12.6. The molecule has 1 unspecified atom stereocenters. The van der Waals surface area contributed by atoms with Gasteiger partial charge in [-0.15, -0.1) is 0 Å². The highest BCUT2D eigenvalue weighted by Gasteiger charge is 2.34. The molecule has 150 valence electrons. The first-order valence-electron chi connectivity index (χ1n) is 9.54. The molecule has 29 heavy (non-hydrogen) atoms. The van der Waals surface area contributed by atoms with Gasteiger partial charge < -0.3 is 19.5 Å². The molecule has 1 atom stereocenters. The number of likely N-dealkylation sites (tertiary alicyclic amines) is 1. The molecule has 0 aliphatic carbocycles. The number of carbonyl (C=O) groups is 1. The molecule has 0 bridgehead atoms. The summed E-state index contributed by atoms with van der Waals surface area (Å²) in [6.07, 6.45) is 1.58. The van der Waals surface area contributed by atoms with Crippen LogP contribution in [0, 0.1) is 5.82 Å². The number of rotatable bonds is 5. The van der Waals surface area contributed by atoms with Crippen LogP contribution in [0.2, 0.25) is 0 Å². The molecule has 1 aromatic heterocycles. The van der Waals surface area contributed by atoms with E-state index in [0.29, 0.717) is 36.1 Å². The van der Waals surface area contributed by atoms with Crippen molar-refractivity contribution in [1.29, 1.82) is 0 Å². The van der Waals surface area contributed by atoms with Gasteiger partial charge in [-0.1, -0.05) is 5.16 Å². The van der Waals surface area contributed by atoms with Crippen molar-refractivity contribution in [2.75, 3.05) is 18.5 Å². The van der Waals surface area contributed by atoms with Gasteiger partial charge in [0, 0.05) is 17.8 Å². The lowest BCUT2D eigenvalue weighted by molar-refractivity contribution is 0.193. The van der Waals surface area contributed by atoms with E-state index < -0.39 is 0 Å². The summed E-state index contributed by atoms with van der Waals surface area (Å²) < 4.78 is 23.9. The van der Waals surface area contributed by atoms with Crippen LogP contribution in [0.1, 0.15) is 31.7 Å². The van der Waals surface area contributed by atoms with Crippen molar-refractivity contribution in [3.8, 4) is 17.1 Å². The molecule has 1 fully saturated rings. The third-order valence-corrected chi connectivity index (χ3v) is 4.76. The number of nitrogens with zero attached hydrogens (tertiary/aromatic N) is 3. The van der Waals surface area contributed by atoms with Crippen LogP contribution >= 0.6 is 0 Å². The van der Waals surface area contributed by atoms with Gasteiger partial charge in [0.2, 0.25) is 11.7 Å². The fraction of sp³-hybridized carbons (Fsp3) is 0.286. The second-order valence-corrected chi connectivity index (χ2v) is 6.70. The summed E-state index contributed by atoms with van der Waals surface area (Å²) in [6.45, 7) is 3.11. The van der Waals surface area contributed by atoms with Crippen molar-refractivity contribution in [2.45, 2.75) is 25.8 Å². The topological polar surface area (TPSA) is 80.5 Å². The van der Waals surface area contributed by atoms with Crippen LogP contribution in [0.15, 0.2) is 53.1 Å². The Hall–Kier alpha value is -3.42. The van der Waals surface area contributed by atoms with E-state index in [9.17, 15) is 9.18 Å². The Morgan fingerprint density at radius 2 is 2.00 bits per heavy atom. The number of nitrogens with one attached hydrogen (secondary N) is 1. The molecule has 2 heterocycles. The summed E-state index contributed by atoms with van der Waals surface area (Å²) in [5.41, 5.74) is 1.34. The molecule has 1 aliphatic heterocycles. The van der Waals surface area contributed by atoms with Gasteiger partial charge in [-0.3, -0.25) is 0 Å². The number of hydrogen-bond donors (Lipinski definition) is 1. The predicted octanol–water partition coefficient (Wildman–Crippen LogP) is 4.64. The van der Waals surface area contributed by atoms with E-state index >= 15 is 0 Å². The van der Waals surface area contributed by atoms with Gasteiger partial charge >= 0.3 is 6.03 Å². The SMILES string of the molecule is CCOc1ccc(NC(=O)N2CCCC2c2nc(-c3ccc(F)cc3)no2)cc1. The summed E-state index contributed by atoms with van der Waals surface area (Å²) >= 11 is 0. The first kappa shape index (κ1) is 18.9. The highest BCUT2D eigenvalue weighted by Crippen LogP contribution is 2.32. The number of aromatic nitrogens is 2. The Kier molecular flexibility index (Phi) is 5.41. The zero-order valence-electron chi connectivity index (χ0n) is 16.0. The number of halogens is 1. The molecule has 1 aliphatic rings. The van der Waals surface area contributed by atoms with Gasteiger partial charge in [0.05, 0.1) is 6.61 Å². The molecule has 1 saturated heterocycles. The maximum absolute atomic E-state index is 13.1. The summed E-state index contributed by atoms with van der Waals surface area (Å²) in [4.78, 5) is 18.9. The van der Waals surface area contributed by atoms with E-state index in [1.165, 1.54) is 12.1 Å². The largest absolute Gasteiger partial charge is 0.494 e. The predicted molar refractivity (Wildman–Crippen MR) is 105 cm³/mol. The summed E-state index contributed by atoms with van der Waals surface area (Å²) in [7, 11) is 0. The molecule has 0 spiro atoms. The third kappa shape index (κ3) is 4.21. The maximum atomic E-state index is 13.1. The lowest BCUT2D eigenvalue weighted by Crippen LogP contribution is -2.34.